The minimum atomic E-state index is -0.429. The molecular weight excluding hydrogens is 256 g/mol. The zero-order chi connectivity index (χ0) is 14.8. The number of rotatable bonds is 10. The van der Waals surface area contributed by atoms with Crippen molar-refractivity contribution in [3.05, 3.63) is 35.4 Å². The monoisotopic (exact) mass is 283 g/mol. The van der Waals surface area contributed by atoms with Crippen LogP contribution in [0.5, 0.6) is 0 Å². The van der Waals surface area contributed by atoms with Crippen LogP contribution < -0.4 is 5.32 Å². The predicted octanol–water partition coefficient (Wildman–Crippen LogP) is 4.85. The summed E-state index contributed by atoms with van der Waals surface area (Å²) in [6, 6.07) is 4.26. The van der Waals surface area contributed by atoms with E-state index >= 15 is 0 Å². The summed E-state index contributed by atoms with van der Waals surface area (Å²) in [5, 5.41) is 3.42. The van der Waals surface area contributed by atoms with Gasteiger partial charge in [-0.2, -0.15) is 0 Å². The lowest BCUT2D eigenvalue weighted by atomic mass is 9.99. The van der Waals surface area contributed by atoms with Gasteiger partial charge in [0.1, 0.15) is 11.6 Å². The predicted molar refractivity (Wildman–Crippen MR) is 80.9 cm³/mol. The average molecular weight is 283 g/mol. The quantitative estimate of drug-likeness (QED) is 0.605. The first-order chi connectivity index (χ1) is 9.69. The van der Waals surface area contributed by atoms with Crippen LogP contribution in [0.2, 0.25) is 0 Å². The molecular formula is C17H27F2N. The number of hydrogen-bond donors (Lipinski definition) is 1. The summed E-state index contributed by atoms with van der Waals surface area (Å²) < 4.78 is 27.4. The summed E-state index contributed by atoms with van der Waals surface area (Å²) in [4.78, 5) is 0. The molecule has 0 radical (unpaired) electrons. The molecule has 114 valence electrons. The highest BCUT2D eigenvalue weighted by Crippen LogP contribution is 2.17. The van der Waals surface area contributed by atoms with Gasteiger partial charge in [-0.1, -0.05) is 45.6 Å². The van der Waals surface area contributed by atoms with Crippen LogP contribution in [0.4, 0.5) is 8.78 Å². The van der Waals surface area contributed by atoms with Gasteiger partial charge in [-0.15, -0.1) is 0 Å². The highest BCUT2D eigenvalue weighted by Gasteiger charge is 2.15. The number of unbranched alkanes of at least 4 members (excludes halogenated alkanes) is 3. The van der Waals surface area contributed by atoms with Crippen LogP contribution in [0.3, 0.4) is 0 Å². The van der Waals surface area contributed by atoms with E-state index in [0.717, 1.165) is 25.8 Å². The Balaban J connectivity index is 2.58. The van der Waals surface area contributed by atoms with Gasteiger partial charge < -0.3 is 5.32 Å². The van der Waals surface area contributed by atoms with E-state index in [9.17, 15) is 8.78 Å². The molecule has 0 aliphatic heterocycles. The van der Waals surface area contributed by atoms with Crippen LogP contribution in [-0.4, -0.2) is 12.6 Å². The van der Waals surface area contributed by atoms with Gasteiger partial charge in [0.25, 0.3) is 0 Å². The molecule has 0 saturated carbocycles. The Morgan fingerprint density at radius 3 is 2.30 bits per heavy atom. The molecule has 1 aromatic rings. The minimum Gasteiger partial charge on any atom is -0.314 e. The van der Waals surface area contributed by atoms with Crippen LogP contribution in [0.15, 0.2) is 18.2 Å². The molecule has 0 aliphatic carbocycles. The van der Waals surface area contributed by atoms with Gasteiger partial charge in [0, 0.05) is 11.6 Å². The molecule has 1 atom stereocenters. The largest absolute Gasteiger partial charge is 0.314 e. The van der Waals surface area contributed by atoms with Gasteiger partial charge in [-0.05, 0) is 37.9 Å². The highest BCUT2D eigenvalue weighted by molar-refractivity contribution is 5.20. The normalized spacial score (nSPS) is 12.6. The van der Waals surface area contributed by atoms with E-state index in [1.807, 2.05) is 0 Å². The third kappa shape index (κ3) is 6.00. The average Bonchev–Trinajstić information content (AvgIpc) is 2.44. The van der Waals surface area contributed by atoms with Gasteiger partial charge in [-0.3, -0.25) is 0 Å². The fourth-order valence-corrected chi connectivity index (χ4v) is 2.42. The van der Waals surface area contributed by atoms with E-state index in [1.54, 1.807) is 0 Å². The molecule has 20 heavy (non-hydrogen) atoms. The van der Waals surface area contributed by atoms with E-state index in [0.29, 0.717) is 6.42 Å². The Bertz CT molecular complexity index is 359. The summed E-state index contributed by atoms with van der Waals surface area (Å²) in [7, 11) is 0. The third-order valence-corrected chi connectivity index (χ3v) is 3.60. The molecule has 1 aromatic carbocycles. The van der Waals surface area contributed by atoms with Crippen molar-refractivity contribution in [2.24, 2.45) is 0 Å². The van der Waals surface area contributed by atoms with Crippen LogP contribution in [0.1, 0.15) is 57.9 Å². The van der Waals surface area contributed by atoms with E-state index in [-0.39, 0.29) is 11.6 Å². The van der Waals surface area contributed by atoms with E-state index < -0.39 is 11.6 Å². The number of nitrogens with one attached hydrogen (secondary N) is 1. The maximum atomic E-state index is 13.7. The maximum absolute atomic E-state index is 13.7. The Labute approximate surface area is 121 Å². The zero-order valence-corrected chi connectivity index (χ0v) is 12.7. The summed E-state index contributed by atoms with van der Waals surface area (Å²) in [6.45, 7) is 5.18. The fraction of sp³-hybridized carbons (Fsp3) is 0.647. The molecule has 0 spiro atoms. The summed E-state index contributed by atoms with van der Waals surface area (Å²) in [5.74, 6) is -0.858. The van der Waals surface area contributed by atoms with E-state index in [1.165, 1.54) is 37.5 Å². The van der Waals surface area contributed by atoms with Crippen molar-refractivity contribution in [2.45, 2.75) is 64.8 Å². The van der Waals surface area contributed by atoms with Gasteiger partial charge in [0.05, 0.1) is 0 Å². The second kappa shape index (κ2) is 9.87. The first-order valence-corrected chi connectivity index (χ1v) is 7.85. The van der Waals surface area contributed by atoms with Gasteiger partial charge >= 0.3 is 0 Å². The van der Waals surface area contributed by atoms with Crippen molar-refractivity contribution in [1.29, 1.82) is 0 Å². The second-order valence-electron chi connectivity index (χ2n) is 5.40. The van der Waals surface area contributed by atoms with Gasteiger partial charge in [-0.25, -0.2) is 8.78 Å². The zero-order valence-electron chi connectivity index (χ0n) is 12.7. The molecule has 1 unspecified atom stereocenters. The number of halogens is 2. The van der Waals surface area contributed by atoms with E-state index in [4.69, 9.17) is 0 Å². The van der Waals surface area contributed by atoms with Gasteiger partial charge in [0.15, 0.2) is 0 Å². The lowest BCUT2D eigenvalue weighted by molar-refractivity contribution is 0.436. The SMILES string of the molecule is CCCCCCC(Cc1c(F)cccc1F)NCCC. The maximum Gasteiger partial charge on any atom is 0.129 e. The lowest BCUT2D eigenvalue weighted by Gasteiger charge is -2.19. The Kier molecular flexibility index (Phi) is 8.43. The van der Waals surface area contributed by atoms with Crippen molar-refractivity contribution < 1.29 is 8.78 Å². The van der Waals surface area contributed by atoms with Crippen LogP contribution in [-0.2, 0) is 6.42 Å². The molecule has 3 heteroatoms. The van der Waals surface area contributed by atoms with Crippen molar-refractivity contribution >= 4 is 0 Å². The molecule has 1 rings (SSSR count). The van der Waals surface area contributed by atoms with Gasteiger partial charge in [0.2, 0.25) is 0 Å². The Hall–Kier alpha value is -0.960. The number of benzene rings is 1. The van der Waals surface area contributed by atoms with Crippen LogP contribution in [0, 0.1) is 11.6 Å². The molecule has 0 saturated heterocycles. The number of hydrogen-bond acceptors (Lipinski definition) is 1. The molecule has 1 N–H and O–H groups in total. The lowest BCUT2D eigenvalue weighted by Crippen LogP contribution is -2.32. The Morgan fingerprint density at radius 1 is 1.00 bits per heavy atom. The standard InChI is InChI=1S/C17H27F2N/c1-3-5-6-7-9-14(20-12-4-2)13-15-16(18)10-8-11-17(15)19/h8,10-11,14,20H,3-7,9,12-13H2,1-2H3. The molecule has 0 amide bonds. The van der Waals surface area contributed by atoms with Crippen LogP contribution >= 0.6 is 0 Å². The smallest absolute Gasteiger partial charge is 0.129 e. The summed E-state index contributed by atoms with van der Waals surface area (Å²) in [6.07, 6.45) is 7.19. The van der Waals surface area contributed by atoms with Crippen LogP contribution in [0.25, 0.3) is 0 Å². The summed E-state index contributed by atoms with van der Waals surface area (Å²) >= 11 is 0. The molecule has 0 bridgehead atoms. The van der Waals surface area contributed by atoms with E-state index in [2.05, 4.69) is 19.2 Å². The summed E-state index contributed by atoms with van der Waals surface area (Å²) in [5.41, 5.74) is 0.219. The first kappa shape index (κ1) is 17.1. The highest BCUT2D eigenvalue weighted by atomic mass is 19.1. The van der Waals surface area contributed by atoms with Crippen molar-refractivity contribution in [3.63, 3.8) is 0 Å². The molecule has 0 aliphatic rings. The van der Waals surface area contributed by atoms with Crippen molar-refractivity contribution in [3.8, 4) is 0 Å². The molecule has 0 aromatic heterocycles. The first-order valence-electron chi connectivity index (χ1n) is 7.85. The Morgan fingerprint density at radius 2 is 1.70 bits per heavy atom. The topological polar surface area (TPSA) is 12.0 Å². The molecule has 0 fully saturated rings. The minimum absolute atomic E-state index is 0.165. The van der Waals surface area contributed by atoms with Crippen molar-refractivity contribution in [1.82, 2.24) is 5.32 Å². The van der Waals surface area contributed by atoms with Crippen molar-refractivity contribution in [2.75, 3.05) is 6.54 Å². The second-order valence-corrected chi connectivity index (χ2v) is 5.40. The molecule has 1 nitrogen and oxygen atoms in total. The molecule has 0 heterocycles. The third-order valence-electron chi connectivity index (χ3n) is 3.60. The fourth-order valence-electron chi connectivity index (χ4n) is 2.42.